The van der Waals surface area contributed by atoms with Gasteiger partial charge in [0.2, 0.25) is 0 Å². The van der Waals surface area contributed by atoms with E-state index in [2.05, 4.69) is 0 Å². The van der Waals surface area contributed by atoms with Crippen LogP contribution < -0.4 is 0 Å². The quantitative estimate of drug-likeness (QED) is 0.672. The summed E-state index contributed by atoms with van der Waals surface area (Å²) in [5, 5.41) is 9.07. The van der Waals surface area contributed by atoms with Crippen LogP contribution >= 0.6 is 0 Å². The van der Waals surface area contributed by atoms with Crippen molar-refractivity contribution in [2.75, 3.05) is 40.0 Å². The topological polar surface area (TPSA) is 53.0 Å². The van der Waals surface area contributed by atoms with E-state index in [9.17, 15) is 4.79 Å². The molecule has 5 heteroatoms. The number of nitrogens with zero attached hydrogens (tertiary/aromatic N) is 2. The zero-order chi connectivity index (χ0) is 10.6. The number of aliphatic hydroxyl groups is 1. The summed E-state index contributed by atoms with van der Waals surface area (Å²) in [6.07, 6.45) is 0. The highest BCUT2D eigenvalue weighted by Crippen LogP contribution is 2.08. The van der Waals surface area contributed by atoms with Crippen LogP contribution in [0.15, 0.2) is 0 Å². The van der Waals surface area contributed by atoms with Gasteiger partial charge in [0.25, 0.3) is 0 Å². The molecule has 1 unspecified atom stereocenters. The second-order valence-electron chi connectivity index (χ2n) is 3.40. The molecule has 1 aliphatic rings. The molecule has 1 atom stereocenters. The van der Waals surface area contributed by atoms with Crippen molar-refractivity contribution in [3.05, 3.63) is 0 Å². The fourth-order valence-corrected chi connectivity index (χ4v) is 1.41. The molecule has 2 amide bonds. The SMILES string of the molecule is CCN(C)C(=O)N1CCOCC1CO. The lowest BCUT2D eigenvalue weighted by Gasteiger charge is -2.36. The number of rotatable bonds is 2. The molecule has 1 aliphatic heterocycles. The van der Waals surface area contributed by atoms with Crippen LogP contribution in [0, 0.1) is 0 Å². The van der Waals surface area contributed by atoms with Gasteiger partial charge in [0, 0.05) is 20.1 Å². The lowest BCUT2D eigenvalue weighted by Crippen LogP contribution is -2.54. The predicted molar refractivity (Wildman–Crippen MR) is 52.1 cm³/mol. The minimum Gasteiger partial charge on any atom is -0.394 e. The zero-order valence-corrected chi connectivity index (χ0v) is 8.77. The molecule has 1 rings (SSSR count). The van der Waals surface area contributed by atoms with Gasteiger partial charge in [-0.2, -0.15) is 0 Å². The number of ether oxygens (including phenoxy) is 1. The van der Waals surface area contributed by atoms with Crippen molar-refractivity contribution in [1.82, 2.24) is 9.80 Å². The van der Waals surface area contributed by atoms with Crippen LogP contribution in [0.5, 0.6) is 0 Å². The van der Waals surface area contributed by atoms with Crippen LogP contribution in [0.25, 0.3) is 0 Å². The Morgan fingerprint density at radius 1 is 1.71 bits per heavy atom. The Balaban J connectivity index is 2.58. The first kappa shape index (κ1) is 11.3. The first-order valence-corrected chi connectivity index (χ1v) is 4.91. The van der Waals surface area contributed by atoms with Crippen molar-refractivity contribution >= 4 is 6.03 Å². The first-order valence-electron chi connectivity index (χ1n) is 4.91. The lowest BCUT2D eigenvalue weighted by molar-refractivity contribution is -0.0133. The summed E-state index contributed by atoms with van der Waals surface area (Å²) in [6.45, 7) is 4.11. The molecule has 0 bridgehead atoms. The number of carbonyl (C=O) groups excluding carboxylic acids is 1. The van der Waals surface area contributed by atoms with Gasteiger partial charge in [0.05, 0.1) is 25.9 Å². The van der Waals surface area contributed by atoms with Gasteiger partial charge in [-0.25, -0.2) is 4.79 Å². The van der Waals surface area contributed by atoms with Gasteiger partial charge >= 0.3 is 6.03 Å². The number of morpholine rings is 1. The number of urea groups is 1. The molecule has 0 aromatic rings. The van der Waals surface area contributed by atoms with Crippen molar-refractivity contribution in [2.45, 2.75) is 13.0 Å². The molecule has 1 fully saturated rings. The van der Waals surface area contributed by atoms with Gasteiger partial charge in [-0.15, -0.1) is 0 Å². The van der Waals surface area contributed by atoms with Gasteiger partial charge < -0.3 is 19.6 Å². The van der Waals surface area contributed by atoms with Crippen LogP contribution in [0.1, 0.15) is 6.92 Å². The normalized spacial score (nSPS) is 22.2. The highest BCUT2D eigenvalue weighted by molar-refractivity contribution is 5.74. The van der Waals surface area contributed by atoms with Crippen molar-refractivity contribution in [2.24, 2.45) is 0 Å². The Labute approximate surface area is 84.2 Å². The third-order valence-electron chi connectivity index (χ3n) is 2.48. The number of hydrogen-bond donors (Lipinski definition) is 1. The Kier molecular flexibility index (Phi) is 4.16. The Hall–Kier alpha value is -0.810. The first-order chi connectivity index (χ1) is 6.70. The summed E-state index contributed by atoms with van der Waals surface area (Å²) in [6, 6.07) is -0.222. The molecule has 0 radical (unpaired) electrons. The van der Waals surface area contributed by atoms with E-state index in [1.807, 2.05) is 6.92 Å². The van der Waals surface area contributed by atoms with E-state index in [1.54, 1.807) is 16.8 Å². The van der Waals surface area contributed by atoms with E-state index in [1.165, 1.54) is 0 Å². The molecular weight excluding hydrogens is 184 g/mol. The summed E-state index contributed by atoms with van der Waals surface area (Å²) in [7, 11) is 1.76. The fourth-order valence-electron chi connectivity index (χ4n) is 1.41. The Morgan fingerprint density at radius 2 is 2.43 bits per heavy atom. The van der Waals surface area contributed by atoms with E-state index in [4.69, 9.17) is 9.84 Å². The summed E-state index contributed by atoms with van der Waals surface area (Å²) in [5.41, 5.74) is 0. The summed E-state index contributed by atoms with van der Waals surface area (Å²) in [5.74, 6) is 0. The molecule has 0 aromatic carbocycles. The van der Waals surface area contributed by atoms with Crippen LogP contribution in [0.4, 0.5) is 4.79 Å². The molecule has 0 aliphatic carbocycles. The molecule has 1 saturated heterocycles. The third-order valence-corrected chi connectivity index (χ3v) is 2.48. The number of aliphatic hydroxyl groups excluding tert-OH is 1. The Morgan fingerprint density at radius 3 is 3.00 bits per heavy atom. The molecule has 0 saturated carbocycles. The maximum absolute atomic E-state index is 11.8. The van der Waals surface area contributed by atoms with Crippen LogP contribution in [-0.2, 0) is 4.74 Å². The molecule has 14 heavy (non-hydrogen) atoms. The lowest BCUT2D eigenvalue weighted by atomic mass is 10.2. The summed E-state index contributed by atoms with van der Waals surface area (Å²) >= 11 is 0. The van der Waals surface area contributed by atoms with E-state index in [0.29, 0.717) is 26.3 Å². The van der Waals surface area contributed by atoms with Crippen molar-refractivity contribution in [3.63, 3.8) is 0 Å². The summed E-state index contributed by atoms with van der Waals surface area (Å²) < 4.78 is 5.19. The largest absolute Gasteiger partial charge is 0.394 e. The third kappa shape index (κ3) is 2.36. The van der Waals surface area contributed by atoms with E-state index >= 15 is 0 Å². The molecule has 82 valence electrons. The van der Waals surface area contributed by atoms with E-state index < -0.39 is 0 Å². The van der Waals surface area contributed by atoms with Crippen LogP contribution in [0.3, 0.4) is 0 Å². The second kappa shape index (κ2) is 5.17. The van der Waals surface area contributed by atoms with E-state index in [0.717, 1.165) is 0 Å². The number of amides is 2. The molecule has 1 heterocycles. The molecule has 1 N–H and O–H groups in total. The maximum Gasteiger partial charge on any atom is 0.320 e. The van der Waals surface area contributed by atoms with Gasteiger partial charge in [0.1, 0.15) is 0 Å². The zero-order valence-electron chi connectivity index (χ0n) is 8.77. The monoisotopic (exact) mass is 202 g/mol. The number of hydrogen-bond acceptors (Lipinski definition) is 3. The van der Waals surface area contributed by atoms with Gasteiger partial charge in [0.15, 0.2) is 0 Å². The molecule has 0 aromatic heterocycles. The second-order valence-corrected chi connectivity index (χ2v) is 3.40. The maximum atomic E-state index is 11.8. The number of carbonyl (C=O) groups is 1. The smallest absolute Gasteiger partial charge is 0.320 e. The van der Waals surface area contributed by atoms with Crippen LogP contribution in [-0.4, -0.2) is 66.9 Å². The van der Waals surface area contributed by atoms with Crippen molar-refractivity contribution < 1.29 is 14.6 Å². The van der Waals surface area contributed by atoms with E-state index in [-0.39, 0.29) is 18.7 Å². The highest BCUT2D eigenvalue weighted by atomic mass is 16.5. The van der Waals surface area contributed by atoms with Crippen LogP contribution in [0.2, 0.25) is 0 Å². The van der Waals surface area contributed by atoms with Gasteiger partial charge in [-0.05, 0) is 6.92 Å². The minimum atomic E-state index is -0.190. The molecule has 5 nitrogen and oxygen atoms in total. The van der Waals surface area contributed by atoms with Crippen molar-refractivity contribution in [3.8, 4) is 0 Å². The Bertz CT molecular complexity index is 198. The van der Waals surface area contributed by atoms with Crippen molar-refractivity contribution in [1.29, 1.82) is 0 Å². The standard InChI is InChI=1S/C9H18N2O3/c1-3-10(2)9(13)11-4-5-14-7-8(11)6-12/h8,12H,3-7H2,1-2H3. The summed E-state index contributed by atoms with van der Waals surface area (Å²) in [4.78, 5) is 15.1. The molecular formula is C9H18N2O3. The highest BCUT2D eigenvalue weighted by Gasteiger charge is 2.28. The van der Waals surface area contributed by atoms with Gasteiger partial charge in [-0.3, -0.25) is 0 Å². The average Bonchev–Trinajstić information content (AvgIpc) is 2.26. The average molecular weight is 202 g/mol. The minimum absolute atomic E-state index is 0.0325. The predicted octanol–water partition coefficient (Wildman–Crippen LogP) is -0.249. The molecule has 0 spiro atoms. The fraction of sp³-hybridized carbons (Fsp3) is 0.889. The van der Waals surface area contributed by atoms with Gasteiger partial charge in [-0.1, -0.05) is 0 Å².